The summed E-state index contributed by atoms with van der Waals surface area (Å²) in [4.78, 5) is 14.6. The van der Waals surface area contributed by atoms with Crippen molar-refractivity contribution in [3.8, 4) is 0 Å². The summed E-state index contributed by atoms with van der Waals surface area (Å²) < 4.78 is 0. The number of nitro groups is 1. The molecule has 0 N–H and O–H groups in total. The summed E-state index contributed by atoms with van der Waals surface area (Å²) in [5.41, 5.74) is 2.02. The minimum Gasteiger partial charge on any atom is -0.377 e. The van der Waals surface area contributed by atoms with E-state index in [1.54, 1.807) is 12.1 Å². The van der Waals surface area contributed by atoms with Gasteiger partial charge in [-0.25, -0.2) is 0 Å². The van der Waals surface area contributed by atoms with E-state index in [1.165, 1.54) is 0 Å². The van der Waals surface area contributed by atoms with Gasteiger partial charge in [0.2, 0.25) is 0 Å². The summed E-state index contributed by atoms with van der Waals surface area (Å²) >= 11 is 0. The maximum absolute atomic E-state index is 11.0. The lowest BCUT2D eigenvalue weighted by molar-refractivity contribution is -0.384. The number of nitro benzene ring substituents is 1. The summed E-state index contributed by atoms with van der Waals surface area (Å²) in [6.07, 6.45) is 0. The summed E-state index contributed by atoms with van der Waals surface area (Å²) in [6, 6.07) is 9.08. The highest BCUT2D eigenvalue weighted by Crippen LogP contribution is 2.36. The molecule has 0 fully saturated rings. The average molecular weight is 259 g/mol. The fourth-order valence-electron chi connectivity index (χ4n) is 2.20. The highest BCUT2D eigenvalue weighted by atomic mass is 16.6. The van der Waals surface area contributed by atoms with Crippen LogP contribution in [0.3, 0.4) is 0 Å². The van der Waals surface area contributed by atoms with Crippen LogP contribution in [0, 0.1) is 10.1 Å². The van der Waals surface area contributed by atoms with Gasteiger partial charge in [-0.15, -0.1) is 0 Å². The largest absolute Gasteiger partial charge is 0.377 e. The molecule has 2 aromatic rings. The number of nitrogens with zero attached hydrogens (tertiary/aromatic N) is 3. The molecular formula is C14H17N3O2. The van der Waals surface area contributed by atoms with Gasteiger partial charge in [0.1, 0.15) is 0 Å². The molecule has 0 amide bonds. The molecule has 0 saturated heterocycles. The number of hydrogen-bond donors (Lipinski definition) is 0. The maximum atomic E-state index is 11.0. The van der Waals surface area contributed by atoms with Crippen LogP contribution in [0.5, 0.6) is 0 Å². The molecule has 2 rings (SSSR count). The minimum atomic E-state index is -0.352. The first-order valence-corrected chi connectivity index (χ1v) is 5.97. The first kappa shape index (κ1) is 13.1. The molecule has 19 heavy (non-hydrogen) atoms. The zero-order valence-electron chi connectivity index (χ0n) is 11.5. The zero-order valence-corrected chi connectivity index (χ0v) is 11.5. The molecule has 2 aromatic carbocycles. The predicted octanol–water partition coefficient (Wildman–Crippen LogP) is 2.88. The normalized spacial score (nSPS) is 10.5. The van der Waals surface area contributed by atoms with Gasteiger partial charge >= 0.3 is 0 Å². The quantitative estimate of drug-likeness (QED) is 0.628. The Bertz CT molecular complexity index is 636. The van der Waals surface area contributed by atoms with Crippen LogP contribution in [0.4, 0.5) is 17.1 Å². The highest BCUT2D eigenvalue weighted by molar-refractivity contribution is 6.05. The van der Waals surface area contributed by atoms with Gasteiger partial charge in [-0.1, -0.05) is 12.1 Å². The van der Waals surface area contributed by atoms with Gasteiger partial charge in [0.05, 0.1) is 10.6 Å². The van der Waals surface area contributed by atoms with Crippen molar-refractivity contribution < 1.29 is 4.92 Å². The third kappa shape index (κ3) is 2.31. The van der Waals surface area contributed by atoms with Crippen molar-refractivity contribution in [1.29, 1.82) is 0 Å². The van der Waals surface area contributed by atoms with E-state index in [2.05, 4.69) is 0 Å². The standard InChI is InChI=1S/C14H17N3O2/c1-15(2)12-7-5-6-10-8-11(17(18)19)9-13(14(10)12)16(3)4/h5-9H,1-4H3. The van der Waals surface area contributed by atoms with E-state index in [4.69, 9.17) is 0 Å². The SMILES string of the molecule is CN(C)c1cccc2cc([N+](=O)[O-])cc(N(C)C)c12. The number of anilines is 2. The average Bonchev–Trinajstić information content (AvgIpc) is 2.36. The first-order chi connectivity index (χ1) is 8.91. The van der Waals surface area contributed by atoms with Crippen LogP contribution in [-0.2, 0) is 0 Å². The molecular weight excluding hydrogens is 242 g/mol. The molecule has 0 heterocycles. The van der Waals surface area contributed by atoms with E-state index in [0.717, 1.165) is 22.1 Å². The lowest BCUT2D eigenvalue weighted by Crippen LogP contribution is -2.13. The van der Waals surface area contributed by atoms with Crippen molar-refractivity contribution in [2.75, 3.05) is 38.0 Å². The Morgan fingerprint density at radius 1 is 1.00 bits per heavy atom. The lowest BCUT2D eigenvalue weighted by atomic mass is 10.0. The smallest absolute Gasteiger partial charge is 0.272 e. The fraction of sp³-hybridized carbons (Fsp3) is 0.286. The highest BCUT2D eigenvalue weighted by Gasteiger charge is 2.15. The number of hydrogen-bond acceptors (Lipinski definition) is 4. The Kier molecular flexibility index (Phi) is 3.29. The van der Waals surface area contributed by atoms with Crippen LogP contribution in [0.1, 0.15) is 0 Å². The van der Waals surface area contributed by atoms with Crippen LogP contribution < -0.4 is 9.80 Å². The molecule has 0 aliphatic rings. The Morgan fingerprint density at radius 3 is 2.16 bits per heavy atom. The van der Waals surface area contributed by atoms with Gasteiger partial charge < -0.3 is 9.80 Å². The molecule has 100 valence electrons. The van der Waals surface area contributed by atoms with Gasteiger partial charge in [0.25, 0.3) is 5.69 Å². The van der Waals surface area contributed by atoms with E-state index in [1.807, 2.05) is 56.2 Å². The predicted molar refractivity (Wildman–Crippen MR) is 79.3 cm³/mol. The molecule has 0 aliphatic carbocycles. The van der Waals surface area contributed by atoms with Crippen molar-refractivity contribution in [3.05, 3.63) is 40.4 Å². The van der Waals surface area contributed by atoms with Crippen molar-refractivity contribution in [2.24, 2.45) is 0 Å². The van der Waals surface area contributed by atoms with Gasteiger partial charge in [0.15, 0.2) is 0 Å². The van der Waals surface area contributed by atoms with E-state index in [-0.39, 0.29) is 10.6 Å². The lowest BCUT2D eigenvalue weighted by Gasteiger charge is -2.21. The number of benzene rings is 2. The topological polar surface area (TPSA) is 49.6 Å². The third-order valence-corrected chi connectivity index (χ3v) is 3.09. The van der Waals surface area contributed by atoms with Gasteiger partial charge in [-0.05, 0) is 11.5 Å². The van der Waals surface area contributed by atoms with E-state index < -0.39 is 0 Å². The van der Waals surface area contributed by atoms with Gasteiger partial charge in [-0.3, -0.25) is 10.1 Å². The number of non-ortho nitro benzene ring substituents is 1. The van der Waals surface area contributed by atoms with Crippen LogP contribution in [0.25, 0.3) is 10.8 Å². The first-order valence-electron chi connectivity index (χ1n) is 5.97. The Balaban J connectivity index is 2.87. The second-order valence-electron chi connectivity index (χ2n) is 4.89. The number of fused-ring (bicyclic) bond motifs is 1. The molecule has 0 aromatic heterocycles. The molecule has 0 radical (unpaired) electrons. The molecule has 0 unspecified atom stereocenters. The van der Waals surface area contributed by atoms with Crippen molar-refractivity contribution in [2.45, 2.75) is 0 Å². The molecule has 5 nitrogen and oxygen atoms in total. The van der Waals surface area contributed by atoms with E-state index in [0.29, 0.717) is 0 Å². The van der Waals surface area contributed by atoms with Gasteiger partial charge in [0, 0.05) is 51.4 Å². The molecule has 0 spiro atoms. The number of rotatable bonds is 3. The second-order valence-corrected chi connectivity index (χ2v) is 4.89. The molecule has 0 saturated carbocycles. The van der Waals surface area contributed by atoms with Crippen molar-refractivity contribution >= 4 is 27.8 Å². The van der Waals surface area contributed by atoms with Crippen molar-refractivity contribution in [1.82, 2.24) is 0 Å². The summed E-state index contributed by atoms with van der Waals surface area (Å²) in [5, 5.41) is 12.9. The van der Waals surface area contributed by atoms with Crippen LogP contribution >= 0.6 is 0 Å². The van der Waals surface area contributed by atoms with E-state index >= 15 is 0 Å². The Morgan fingerprint density at radius 2 is 1.63 bits per heavy atom. The second kappa shape index (κ2) is 4.76. The van der Waals surface area contributed by atoms with Gasteiger partial charge in [-0.2, -0.15) is 0 Å². The fourth-order valence-corrected chi connectivity index (χ4v) is 2.20. The van der Waals surface area contributed by atoms with Crippen LogP contribution in [0.15, 0.2) is 30.3 Å². The molecule has 0 atom stereocenters. The third-order valence-electron chi connectivity index (χ3n) is 3.09. The monoisotopic (exact) mass is 259 g/mol. The molecule has 0 aliphatic heterocycles. The van der Waals surface area contributed by atoms with Crippen LogP contribution in [0.2, 0.25) is 0 Å². The Labute approximate surface area is 112 Å². The minimum absolute atomic E-state index is 0.118. The molecule has 0 bridgehead atoms. The van der Waals surface area contributed by atoms with Crippen LogP contribution in [-0.4, -0.2) is 33.1 Å². The zero-order chi connectivity index (χ0) is 14.2. The summed E-state index contributed by atoms with van der Waals surface area (Å²) in [6.45, 7) is 0. The maximum Gasteiger partial charge on any atom is 0.272 e. The summed E-state index contributed by atoms with van der Waals surface area (Å²) in [5.74, 6) is 0. The van der Waals surface area contributed by atoms with Crippen molar-refractivity contribution in [3.63, 3.8) is 0 Å². The Hall–Kier alpha value is -2.30. The summed E-state index contributed by atoms with van der Waals surface area (Å²) in [7, 11) is 7.72. The molecule has 5 heteroatoms. The van der Waals surface area contributed by atoms with E-state index in [9.17, 15) is 10.1 Å².